The molecule has 134 valence electrons. The first-order valence-electron chi connectivity index (χ1n) is 8.21. The highest BCUT2D eigenvalue weighted by Crippen LogP contribution is 2.19. The van der Waals surface area contributed by atoms with E-state index in [1.807, 2.05) is 18.9 Å². The Kier molecular flexibility index (Phi) is 6.23. The van der Waals surface area contributed by atoms with Crippen LogP contribution < -0.4 is 10.1 Å². The molecular weight excluding hydrogens is 328 g/mol. The molecule has 0 saturated heterocycles. The second-order valence-electron chi connectivity index (χ2n) is 6.39. The molecule has 1 fully saturated rings. The van der Waals surface area contributed by atoms with E-state index < -0.39 is 9.84 Å². The molecule has 1 unspecified atom stereocenters. The Bertz CT molecular complexity index is 671. The zero-order chi connectivity index (χ0) is 17.7. The van der Waals surface area contributed by atoms with Crippen molar-refractivity contribution < 1.29 is 17.9 Å². The van der Waals surface area contributed by atoms with Gasteiger partial charge in [0, 0.05) is 18.8 Å². The molecule has 0 spiro atoms. The van der Waals surface area contributed by atoms with Crippen LogP contribution >= 0.6 is 0 Å². The Hall–Kier alpha value is -1.60. The molecule has 2 rings (SSSR count). The second kappa shape index (κ2) is 7.98. The zero-order valence-electron chi connectivity index (χ0n) is 14.5. The lowest BCUT2D eigenvalue weighted by atomic mass is 10.2. The summed E-state index contributed by atoms with van der Waals surface area (Å²) >= 11 is 0. The molecule has 1 aromatic carbocycles. The highest BCUT2D eigenvalue weighted by Gasteiger charge is 2.26. The topological polar surface area (TPSA) is 75.7 Å². The van der Waals surface area contributed by atoms with Crippen molar-refractivity contribution in [3.63, 3.8) is 0 Å². The maximum atomic E-state index is 12.0. The SMILES string of the molecule is CC(C(=O)NC1CC1)N(C)CCCOc1cccc(S(C)(=O)=O)c1. The van der Waals surface area contributed by atoms with Gasteiger partial charge in [0.05, 0.1) is 17.5 Å². The number of sulfone groups is 1. The Morgan fingerprint density at radius 2 is 2.12 bits per heavy atom. The van der Waals surface area contributed by atoms with Crippen LogP contribution in [-0.4, -0.2) is 57.8 Å². The van der Waals surface area contributed by atoms with E-state index in [1.165, 1.54) is 12.3 Å². The van der Waals surface area contributed by atoms with Crippen molar-refractivity contribution in [1.82, 2.24) is 10.2 Å². The fourth-order valence-corrected chi connectivity index (χ4v) is 2.90. The molecule has 0 aliphatic heterocycles. The van der Waals surface area contributed by atoms with E-state index >= 15 is 0 Å². The van der Waals surface area contributed by atoms with E-state index in [-0.39, 0.29) is 16.8 Å². The van der Waals surface area contributed by atoms with Gasteiger partial charge in [0.25, 0.3) is 0 Å². The molecule has 1 aliphatic rings. The highest BCUT2D eigenvalue weighted by atomic mass is 32.2. The third kappa shape index (κ3) is 5.79. The van der Waals surface area contributed by atoms with Gasteiger partial charge >= 0.3 is 0 Å². The first-order valence-corrected chi connectivity index (χ1v) is 10.1. The normalized spacial score (nSPS) is 16.0. The number of likely N-dealkylation sites (N-methyl/N-ethyl adjacent to an activating group) is 1. The molecule has 0 bridgehead atoms. The van der Waals surface area contributed by atoms with E-state index in [4.69, 9.17) is 4.74 Å². The molecule has 1 N–H and O–H groups in total. The fourth-order valence-electron chi connectivity index (χ4n) is 2.24. The van der Waals surface area contributed by atoms with Crippen molar-refractivity contribution in [1.29, 1.82) is 0 Å². The Morgan fingerprint density at radius 1 is 1.42 bits per heavy atom. The summed E-state index contributed by atoms with van der Waals surface area (Å²) in [4.78, 5) is 14.2. The summed E-state index contributed by atoms with van der Waals surface area (Å²) in [6.07, 6.45) is 4.10. The number of nitrogens with zero attached hydrogens (tertiary/aromatic N) is 1. The first-order chi connectivity index (χ1) is 11.3. The minimum Gasteiger partial charge on any atom is -0.494 e. The molecule has 24 heavy (non-hydrogen) atoms. The maximum absolute atomic E-state index is 12.0. The van der Waals surface area contributed by atoms with Gasteiger partial charge in [-0.1, -0.05) is 6.07 Å². The number of hydrogen-bond donors (Lipinski definition) is 1. The van der Waals surface area contributed by atoms with Gasteiger partial charge in [0.2, 0.25) is 5.91 Å². The summed E-state index contributed by atoms with van der Waals surface area (Å²) in [6, 6.07) is 6.70. The van der Waals surface area contributed by atoms with Gasteiger partial charge < -0.3 is 10.1 Å². The Morgan fingerprint density at radius 3 is 2.75 bits per heavy atom. The molecule has 6 nitrogen and oxygen atoms in total. The van der Waals surface area contributed by atoms with Crippen molar-refractivity contribution in [2.24, 2.45) is 0 Å². The number of hydrogen-bond acceptors (Lipinski definition) is 5. The smallest absolute Gasteiger partial charge is 0.237 e. The van der Waals surface area contributed by atoms with Gasteiger partial charge in [-0.25, -0.2) is 8.42 Å². The van der Waals surface area contributed by atoms with Crippen LogP contribution in [0.5, 0.6) is 5.75 Å². The summed E-state index contributed by atoms with van der Waals surface area (Å²) in [5.74, 6) is 0.613. The van der Waals surface area contributed by atoms with Crippen LogP contribution in [0.4, 0.5) is 0 Å². The number of carbonyl (C=O) groups is 1. The average Bonchev–Trinajstić information content (AvgIpc) is 3.34. The predicted molar refractivity (Wildman–Crippen MR) is 92.9 cm³/mol. The van der Waals surface area contributed by atoms with E-state index in [2.05, 4.69) is 5.32 Å². The molecule has 0 radical (unpaired) electrons. The number of carbonyl (C=O) groups excluding carboxylic acids is 1. The quantitative estimate of drug-likeness (QED) is 0.680. The van der Waals surface area contributed by atoms with Gasteiger partial charge in [-0.2, -0.15) is 0 Å². The molecule has 7 heteroatoms. The molecule has 1 amide bonds. The summed E-state index contributed by atoms with van der Waals surface area (Å²) < 4.78 is 28.7. The lowest BCUT2D eigenvalue weighted by Crippen LogP contribution is -2.44. The van der Waals surface area contributed by atoms with Crippen LogP contribution in [0.2, 0.25) is 0 Å². The third-order valence-electron chi connectivity index (χ3n) is 4.12. The van der Waals surface area contributed by atoms with Crippen LogP contribution in [0.3, 0.4) is 0 Å². The van der Waals surface area contributed by atoms with Crippen molar-refractivity contribution in [3.05, 3.63) is 24.3 Å². The monoisotopic (exact) mass is 354 g/mol. The number of ether oxygens (including phenoxy) is 1. The summed E-state index contributed by atoms with van der Waals surface area (Å²) in [5, 5.41) is 3.00. The van der Waals surface area contributed by atoms with Crippen molar-refractivity contribution in [3.8, 4) is 5.75 Å². The van der Waals surface area contributed by atoms with Gasteiger partial charge in [-0.15, -0.1) is 0 Å². The van der Waals surface area contributed by atoms with Gasteiger partial charge in [-0.05, 0) is 51.4 Å². The van der Waals surface area contributed by atoms with Gasteiger partial charge in [0.15, 0.2) is 9.84 Å². The van der Waals surface area contributed by atoms with Crippen LogP contribution in [0.15, 0.2) is 29.2 Å². The molecule has 1 aromatic rings. The summed E-state index contributed by atoms with van der Waals surface area (Å²) in [5.41, 5.74) is 0. The predicted octanol–water partition coefficient (Wildman–Crippen LogP) is 1.46. The lowest BCUT2D eigenvalue weighted by Gasteiger charge is -2.23. The number of nitrogens with one attached hydrogen (secondary N) is 1. The molecular formula is C17H26N2O4S. The highest BCUT2D eigenvalue weighted by molar-refractivity contribution is 7.90. The molecule has 1 aliphatic carbocycles. The third-order valence-corrected chi connectivity index (χ3v) is 5.23. The van der Waals surface area contributed by atoms with Crippen molar-refractivity contribution in [2.45, 2.75) is 43.2 Å². The van der Waals surface area contributed by atoms with Crippen LogP contribution in [-0.2, 0) is 14.6 Å². The van der Waals surface area contributed by atoms with E-state index in [0.29, 0.717) is 18.4 Å². The maximum Gasteiger partial charge on any atom is 0.237 e. The zero-order valence-corrected chi connectivity index (χ0v) is 15.3. The van der Waals surface area contributed by atoms with Crippen molar-refractivity contribution in [2.75, 3.05) is 26.5 Å². The van der Waals surface area contributed by atoms with E-state index in [1.54, 1.807) is 18.2 Å². The largest absolute Gasteiger partial charge is 0.494 e. The fraction of sp³-hybridized carbons (Fsp3) is 0.588. The summed E-state index contributed by atoms with van der Waals surface area (Å²) in [7, 11) is -1.31. The van der Waals surface area contributed by atoms with E-state index in [0.717, 1.165) is 25.8 Å². The minimum absolute atomic E-state index is 0.0711. The van der Waals surface area contributed by atoms with Crippen molar-refractivity contribution >= 4 is 15.7 Å². The lowest BCUT2D eigenvalue weighted by molar-refractivity contribution is -0.125. The van der Waals surface area contributed by atoms with Gasteiger partial charge in [-0.3, -0.25) is 9.69 Å². The molecule has 1 saturated carbocycles. The number of benzene rings is 1. The van der Waals surface area contributed by atoms with Crippen LogP contribution in [0, 0.1) is 0 Å². The number of rotatable bonds is 9. The molecule has 0 heterocycles. The average molecular weight is 354 g/mol. The van der Waals surface area contributed by atoms with E-state index in [9.17, 15) is 13.2 Å². The van der Waals surface area contributed by atoms with Crippen LogP contribution in [0.25, 0.3) is 0 Å². The molecule has 0 aromatic heterocycles. The standard InChI is InChI=1S/C17H26N2O4S/c1-13(17(20)18-14-8-9-14)19(2)10-5-11-23-15-6-4-7-16(12-15)24(3,21)22/h4,6-7,12-14H,5,8-11H2,1-3H3,(H,18,20). The first kappa shape index (κ1) is 18.7. The second-order valence-corrected chi connectivity index (χ2v) is 8.40. The summed E-state index contributed by atoms with van der Waals surface area (Å²) in [6.45, 7) is 3.09. The van der Waals surface area contributed by atoms with Gasteiger partial charge in [0.1, 0.15) is 5.75 Å². The van der Waals surface area contributed by atoms with Crippen LogP contribution in [0.1, 0.15) is 26.2 Å². The minimum atomic E-state index is -3.23. The Labute approximate surface area is 144 Å². The Balaban J connectivity index is 1.73. The molecule has 1 atom stereocenters. The number of amides is 1.